The van der Waals surface area contributed by atoms with Crippen molar-refractivity contribution < 1.29 is 14.3 Å². The number of ether oxygens (including phenoxy) is 2. The van der Waals surface area contributed by atoms with Gasteiger partial charge in [0.05, 0.1) is 22.8 Å². The molecule has 0 aliphatic rings. The standard InChI is InChI=1S/C23H24Cl2N2O3/c1-13-6-8-15-16(24)11-17(25)22(21(15)26-13)30-12-20(28)27-18-10-14(23(2,3)4)7-9-19(18)29-5/h6-11H,12H2,1-5H3,(H,27,28). The van der Waals surface area contributed by atoms with Crippen molar-refractivity contribution in [1.82, 2.24) is 4.98 Å². The van der Waals surface area contributed by atoms with Crippen LogP contribution in [0, 0.1) is 6.92 Å². The maximum absolute atomic E-state index is 12.6. The van der Waals surface area contributed by atoms with Crippen LogP contribution in [0.25, 0.3) is 10.9 Å². The van der Waals surface area contributed by atoms with Gasteiger partial charge >= 0.3 is 0 Å². The minimum Gasteiger partial charge on any atom is -0.495 e. The summed E-state index contributed by atoms with van der Waals surface area (Å²) in [5.74, 6) is 0.556. The van der Waals surface area contributed by atoms with Crippen LogP contribution in [-0.2, 0) is 10.2 Å². The smallest absolute Gasteiger partial charge is 0.262 e. The molecule has 7 heteroatoms. The number of aryl methyl sites for hydroxylation is 1. The quantitative estimate of drug-likeness (QED) is 0.508. The summed E-state index contributed by atoms with van der Waals surface area (Å²) in [6, 6.07) is 11.0. The van der Waals surface area contributed by atoms with Crippen molar-refractivity contribution in [2.45, 2.75) is 33.1 Å². The van der Waals surface area contributed by atoms with E-state index in [0.717, 1.165) is 11.3 Å². The highest BCUT2D eigenvalue weighted by Crippen LogP contribution is 2.37. The van der Waals surface area contributed by atoms with Crippen LogP contribution >= 0.6 is 23.2 Å². The minimum absolute atomic E-state index is 0.0679. The molecule has 0 saturated carbocycles. The van der Waals surface area contributed by atoms with Crippen molar-refractivity contribution in [3.63, 3.8) is 0 Å². The third-order valence-electron chi connectivity index (χ3n) is 4.66. The van der Waals surface area contributed by atoms with Crippen molar-refractivity contribution in [2.75, 3.05) is 19.0 Å². The zero-order valence-corrected chi connectivity index (χ0v) is 19.1. The van der Waals surface area contributed by atoms with Gasteiger partial charge in [0, 0.05) is 11.1 Å². The monoisotopic (exact) mass is 446 g/mol. The Kier molecular flexibility index (Phi) is 6.44. The molecule has 0 fully saturated rings. The van der Waals surface area contributed by atoms with Crippen LogP contribution in [0.1, 0.15) is 32.0 Å². The molecule has 5 nitrogen and oxygen atoms in total. The van der Waals surface area contributed by atoms with Crippen LogP contribution in [0.3, 0.4) is 0 Å². The molecular formula is C23H24Cl2N2O3. The number of hydrogen-bond acceptors (Lipinski definition) is 4. The van der Waals surface area contributed by atoms with E-state index in [1.165, 1.54) is 0 Å². The van der Waals surface area contributed by atoms with Gasteiger partial charge in [0.25, 0.3) is 5.91 Å². The van der Waals surface area contributed by atoms with Crippen LogP contribution in [0.5, 0.6) is 11.5 Å². The molecule has 158 valence electrons. The Hall–Kier alpha value is -2.50. The van der Waals surface area contributed by atoms with Gasteiger partial charge in [-0.2, -0.15) is 0 Å². The predicted molar refractivity (Wildman–Crippen MR) is 122 cm³/mol. The Balaban J connectivity index is 1.83. The van der Waals surface area contributed by atoms with E-state index in [1.807, 2.05) is 37.3 Å². The van der Waals surface area contributed by atoms with Gasteiger partial charge in [-0.1, -0.05) is 50.0 Å². The molecule has 0 unspecified atom stereocenters. The van der Waals surface area contributed by atoms with E-state index < -0.39 is 0 Å². The molecule has 0 saturated heterocycles. The second-order valence-electron chi connectivity index (χ2n) is 8.02. The zero-order chi connectivity index (χ0) is 22.1. The molecule has 3 aromatic rings. The van der Waals surface area contributed by atoms with Crippen LogP contribution in [-0.4, -0.2) is 24.6 Å². The van der Waals surface area contributed by atoms with E-state index in [0.29, 0.717) is 38.1 Å². The topological polar surface area (TPSA) is 60.5 Å². The number of hydrogen-bond donors (Lipinski definition) is 1. The van der Waals surface area contributed by atoms with E-state index in [1.54, 1.807) is 13.2 Å². The first-order valence-electron chi connectivity index (χ1n) is 9.46. The average molecular weight is 447 g/mol. The molecular weight excluding hydrogens is 423 g/mol. The largest absolute Gasteiger partial charge is 0.495 e. The Morgan fingerprint density at radius 1 is 1.10 bits per heavy atom. The van der Waals surface area contributed by atoms with Crippen molar-refractivity contribution in [1.29, 1.82) is 0 Å². The molecule has 0 atom stereocenters. The Bertz CT molecular complexity index is 1110. The number of rotatable bonds is 5. The lowest BCUT2D eigenvalue weighted by Gasteiger charge is -2.21. The molecule has 2 aromatic carbocycles. The molecule has 30 heavy (non-hydrogen) atoms. The number of fused-ring (bicyclic) bond motifs is 1. The number of halogens is 2. The highest BCUT2D eigenvalue weighted by molar-refractivity contribution is 6.39. The normalized spacial score (nSPS) is 11.4. The van der Waals surface area contributed by atoms with Gasteiger partial charge in [0.2, 0.25) is 0 Å². The first-order chi connectivity index (χ1) is 14.1. The van der Waals surface area contributed by atoms with Crippen LogP contribution in [0.15, 0.2) is 36.4 Å². The van der Waals surface area contributed by atoms with Crippen molar-refractivity contribution in [3.05, 3.63) is 57.7 Å². The van der Waals surface area contributed by atoms with E-state index in [9.17, 15) is 4.79 Å². The molecule has 1 heterocycles. The maximum atomic E-state index is 12.6. The number of amides is 1. The molecule has 0 spiro atoms. The number of aromatic nitrogens is 1. The molecule has 1 N–H and O–H groups in total. The fourth-order valence-electron chi connectivity index (χ4n) is 3.02. The fourth-order valence-corrected chi connectivity index (χ4v) is 3.59. The Morgan fingerprint density at radius 3 is 2.50 bits per heavy atom. The Labute approximate surface area is 186 Å². The number of benzene rings is 2. The Morgan fingerprint density at radius 2 is 1.83 bits per heavy atom. The highest BCUT2D eigenvalue weighted by Gasteiger charge is 2.18. The SMILES string of the molecule is COc1ccc(C(C)(C)C)cc1NC(=O)COc1c(Cl)cc(Cl)c2ccc(C)nc12. The third kappa shape index (κ3) is 4.79. The molecule has 0 radical (unpaired) electrons. The van der Waals surface area contributed by atoms with Crippen LogP contribution < -0.4 is 14.8 Å². The average Bonchev–Trinajstić information content (AvgIpc) is 2.66. The second kappa shape index (κ2) is 8.70. The lowest BCUT2D eigenvalue weighted by atomic mass is 9.87. The third-order valence-corrected chi connectivity index (χ3v) is 5.26. The molecule has 0 bridgehead atoms. The predicted octanol–water partition coefficient (Wildman–Crippen LogP) is 6.17. The van der Waals surface area contributed by atoms with E-state index in [-0.39, 0.29) is 17.9 Å². The lowest BCUT2D eigenvalue weighted by Crippen LogP contribution is -2.21. The number of carbonyl (C=O) groups is 1. The van der Waals surface area contributed by atoms with Crippen molar-refractivity contribution >= 4 is 45.7 Å². The van der Waals surface area contributed by atoms with Crippen LogP contribution in [0.2, 0.25) is 10.0 Å². The first kappa shape index (κ1) is 22.2. The second-order valence-corrected chi connectivity index (χ2v) is 8.83. The van der Waals surface area contributed by atoms with E-state index >= 15 is 0 Å². The van der Waals surface area contributed by atoms with Gasteiger partial charge in [0.15, 0.2) is 12.4 Å². The van der Waals surface area contributed by atoms with Gasteiger partial charge in [-0.3, -0.25) is 4.79 Å². The summed E-state index contributed by atoms with van der Waals surface area (Å²) in [5, 5.41) is 4.34. The van der Waals surface area contributed by atoms with E-state index in [4.69, 9.17) is 32.7 Å². The molecule has 0 aliphatic carbocycles. The van der Waals surface area contributed by atoms with Crippen molar-refractivity contribution in [3.8, 4) is 11.5 Å². The molecule has 1 amide bonds. The summed E-state index contributed by atoms with van der Waals surface area (Å²) in [7, 11) is 1.56. The number of methoxy groups -OCH3 is 1. The summed E-state index contributed by atoms with van der Waals surface area (Å²) in [6.07, 6.45) is 0. The number of anilines is 1. The summed E-state index contributed by atoms with van der Waals surface area (Å²) in [5.41, 5.74) is 2.90. The number of pyridine rings is 1. The van der Waals surface area contributed by atoms with Gasteiger partial charge in [0.1, 0.15) is 11.3 Å². The highest BCUT2D eigenvalue weighted by atomic mass is 35.5. The van der Waals surface area contributed by atoms with Crippen molar-refractivity contribution in [2.24, 2.45) is 0 Å². The molecule has 0 aliphatic heterocycles. The number of carbonyl (C=O) groups excluding carboxylic acids is 1. The first-order valence-corrected chi connectivity index (χ1v) is 10.2. The summed E-state index contributed by atoms with van der Waals surface area (Å²) >= 11 is 12.6. The summed E-state index contributed by atoms with van der Waals surface area (Å²) in [6.45, 7) is 7.93. The summed E-state index contributed by atoms with van der Waals surface area (Å²) in [4.78, 5) is 17.1. The molecule has 1 aromatic heterocycles. The fraction of sp³-hybridized carbons (Fsp3) is 0.304. The van der Waals surface area contributed by atoms with Gasteiger partial charge in [-0.05, 0) is 48.2 Å². The summed E-state index contributed by atoms with van der Waals surface area (Å²) < 4.78 is 11.1. The zero-order valence-electron chi connectivity index (χ0n) is 17.6. The molecule has 3 rings (SSSR count). The van der Waals surface area contributed by atoms with Crippen LogP contribution in [0.4, 0.5) is 5.69 Å². The minimum atomic E-state index is -0.342. The van der Waals surface area contributed by atoms with E-state index in [2.05, 4.69) is 31.1 Å². The van der Waals surface area contributed by atoms with Gasteiger partial charge in [-0.25, -0.2) is 4.98 Å². The number of nitrogens with zero attached hydrogens (tertiary/aromatic N) is 1. The lowest BCUT2D eigenvalue weighted by molar-refractivity contribution is -0.118. The maximum Gasteiger partial charge on any atom is 0.262 e. The van der Waals surface area contributed by atoms with Gasteiger partial charge in [-0.15, -0.1) is 0 Å². The number of nitrogens with one attached hydrogen (secondary N) is 1. The van der Waals surface area contributed by atoms with Gasteiger partial charge < -0.3 is 14.8 Å².